The molecule has 2 N–H and O–H groups in total. The van der Waals surface area contributed by atoms with E-state index < -0.39 is 9.84 Å². The van der Waals surface area contributed by atoms with Gasteiger partial charge in [-0.2, -0.15) is 0 Å². The molecule has 1 aromatic rings. The first-order chi connectivity index (χ1) is 12.8. The van der Waals surface area contributed by atoms with Crippen LogP contribution in [-0.2, 0) is 22.1 Å². The molecule has 0 radical (unpaired) electrons. The van der Waals surface area contributed by atoms with Crippen LogP contribution in [0.3, 0.4) is 0 Å². The third-order valence-corrected chi connectivity index (χ3v) is 5.31. The monoisotopic (exact) mass is 527 g/mol. The fourth-order valence-corrected chi connectivity index (χ4v) is 3.92. The van der Waals surface area contributed by atoms with Gasteiger partial charge in [0.05, 0.1) is 5.75 Å². The van der Waals surface area contributed by atoms with Gasteiger partial charge in [-0.3, -0.25) is 4.99 Å². The van der Waals surface area contributed by atoms with Crippen LogP contribution < -0.4 is 10.6 Å². The van der Waals surface area contributed by atoms with Crippen molar-refractivity contribution in [3.8, 4) is 0 Å². The third-order valence-electron chi connectivity index (χ3n) is 4.48. The van der Waals surface area contributed by atoms with Gasteiger partial charge < -0.3 is 10.6 Å². The summed E-state index contributed by atoms with van der Waals surface area (Å²) in [5, 5.41) is 6.51. The highest BCUT2D eigenvalue weighted by molar-refractivity contribution is 14.0. The highest BCUT2D eigenvalue weighted by Gasteiger charge is 2.12. The molecular formula is C20H35FIN3O2S. The van der Waals surface area contributed by atoms with E-state index in [1.54, 1.807) is 7.05 Å². The topological polar surface area (TPSA) is 70.6 Å². The lowest BCUT2D eigenvalue weighted by atomic mass is 9.97. The van der Waals surface area contributed by atoms with Gasteiger partial charge in [-0.25, -0.2) is 12.8 Å². The van der Waals surface area contributed by atoms with Crippen molar-refractivity contribution in [2.75, 3.05) is 19.8 Å². The first-order valence-corrected chi connectivity index (χ1v) is 11.7. The summed E-state index contributed by atoms with van der Waals surface area (Å²) in [6.07, 6.45) is 7.11. The van der Waals surface area contributed by atoms with Crippen molar-refractivity contribution in [2.45, 2.75) is 58.2 Å². The molecule has 0 aliphatic heterocycles. The number of nitrogens with one attached hydrogen (secondary N) is 2. The van der Waals surface area contributed by atoms with Crippen LogP contribution in [0, 0.1) is 11.7 Å². The zero-order valence-corrected chi connectivity index (χ0v) is 20.6. The lowest BCUT2D eigenvalue weighted by Gasteiger charge is -2.19. The van der Waals surface area contributed by atoms with E-state index >= 15 is 0 Å². The van der Waals surface area contributed by atoms with Gasteiger partial charge in [0.1, 0.15) is 5.82 Å². The molecule has 0 amide bonds. The molecule has 0 aromatic heterocycles. The summed E-state index contributed by atoms with van der Waals surface area (Å²) in [5.41, 5.74) is 1.23. The molecule has 0 aliphatic carbocycles. The molecule has 0 heterocycles. The predicted octanol–water partition coefficient (Wildman–Crippen LogP) is 4.26. The Kier molecular flexibility index (Phi) is 13.7. The largest absolute Gasteiger partial charge is 0.356 e. The summed E-state index contributed by atoms with van der Waals surface area (Å²) < 4.78 is 36.8. The fourth-order valence-electron chi connectivity index (χ4n) is 3.07. The second kappa shape index (κ2) is 14.1. The standard InChI is InChI=1S/C20H34FN3O2S.HI/c1-5-7-9-16(8-6-2)13-23-20(22-3)24-14-18-12-19(21)11-10-17(18)15-27(4,25)26;/h10-12,16H,5-9,13-15H2,1-4H3,(H2,22,23,24);1H. The van der Waals surface area contributed by atoms with Gasteiger partial charge >= 0.3 is 0 Å². The normalized spacial score (nSPS) is 13.0. The molecule has 0 saturated heterocycles. The summed E-state index contributed by atoms with van der Waals surface area (Å²) in [4.78, 5) is 4.22. The number of unbranched alkanes of at least 4 members (excludes halogenated alkanes) is 1. The summed E-state index contributed by atoms with van der Waals surface area (Å²) in [7, 11) is -1.50. The fraction of sp³-hybridized carbons (Fsp3) is 0.650. The molecule has 0 aliphatic rings. The van der Waals surface area contributed by atoms with E-state index in [1.165, 1.54) is 50.1 Å². The van der Waals surface area contributed by atoms with E-state index in [-0.39, 0.29) is 35.5 Å². The summed E-state index contributed by atoms with van der Waals surface area (Å²) in [6.45, 7) is 5.55. The Labute approximate surface area is 186 Å². The second-order valence-electron chi connectivity index (χ2n) is 7.09. The maximum absolute atomic E-state index is 13.6. The van der Waals surface area contributed by atoms with Gasteiger partial charge in [-0.1, -0.05) is 39.2 Å². The number of halogens is 2. The van der Waals surface area contributed by atoms with E-state index in [2.05, 4.69) is 29.5 Å². The Balaban J connectivity index is 0.00000729. The molecular weight excluding hydrogens is 492 g/mol. The van der Waals surface area contributed by atoms with Gasteiger partial charge in [0.2, 0.25) is 0 Å². The molecule has 0 spiro atoms. The zero-order valence-electron chi connectivity index (χ0n) is 17.4. The van der Waals surface area contributed by atoms with Crippen molar-refractivity contribution >= 4 is 39.8 Å². The molecule has 5 nitrogen and oxygen atoms in total. The maximum Gasteiger partial charge on any atom is 0.191 e. The second-order valence-corrected chi connectivity index (χ2v) is 9.23. The smallest absolute Gasteiger partial charge is 0.191 e. The van der Waals surface area contributed by atoms with Crippen molar-refractivity contribution in [1.29, 1.82) is 0 Å². The van der Waals surface area contributed by atoms with Gasteiger partial charge in [-0.05, 0) is 42.0 Å². The van der Waals surface area contributed by atoms with E-state index in [9.17, 15) is 12.8 Å². The van der Waals surface area contributed by atoms with Crippen LogP contribution in [0.2, 0.25) is 0 Å². The van der Waals surface area contributed by atoms with Crippen LogP contribution in [0.4, 0.5) is 4.39 Å². The van der Waals surface area contributed by atoms with Crippen LogP contribution in [-0.4, -0.2) is 34.2 Å². The van der Waals surface area contributed by atoms with Crippen molar-refractivity contribution < 1.29 is 12.8 Å². The Bertz CT molecular complexity index is 711. The predicted molar refractivity (Wildman–Crippen MR) is 126 cm³/mol. The van der Waals surface area contributed by atoms with Crippen molar-refractivity contribution in [1.82, 2.24) is 10.6 Å². The Morgan fingerprint density at radius 1 is 1.14 bits per heavy atom. The van der Waals surface area contributed by atoms with Crippen molar-refractivity contribution in [3.63, 3.8) is 0 Å². The number of benzene rings is 1. The Morgan fingerprint density at radius 2 is 1.86 bits per heavy atom. The van der Waals surface area contributed by atoms with E-state index in [4.69, 9.17) is 0 Å². The molecule has 28 heavy (non-hydrogen) atoms. The van der Waals surface area contributed by atoms with Crippen LogP contribution in [0.15, 0.2) is 23.2 Å². The molecule has 162 valence electrons. The average molecular weight is 527 g/mol. The van der Waals surface area contributed by atoms with Gasteiger partial charge in [0, 0.05) is 26.4 Å². The molecule has 1 atom stereocenters. The maximum atomic E-state index is 13.6. The van der Waals surface area contributed by atoms with Crippen LogP contribution in [0.25, 0.3) is 0 Å². The van der Waals surface area contributed by atoms with Crippen LogP contribution in [0.5, 0.6) is 0 Å². The number of guanidine groups is 1. The minimum Gasteiger partial charge on any atom is -0.356 e. The molecule has 0 fully saturated rings. The van der Waals surface area contributed by atoms with E-state index in [0.717, 1.165) is 13.0 Å². The van der Waals surface area contributed by atoms with Gasteiger partial charge in [0.15, 0.2) is 15.8 Å². The Morgan fingerprint density at radius 3 is 2.43 bits per heavy atom. The minimum atomic E-state index is -3.19. The van der Waals surface area contributed by atoms with E-state index in [1.807, 2.05) is 0 Å². The first kappa shape index (κ1) is 27.1. The highest BCUT2D eigenvalue weighted by atomic mass is 127. The lowest BCUT2D eigenvalue weighted by molar-refractivity contribution is 0.423. The lowest BCUT2D eigenvalue weighted by Crippen LogP contribution is -2.39. The summed E-state index contributed by atoms with van der Waals surface area (Å²) >= 11 is 0. The number of sulfone groups is 1. The Hall–Kier alpha value is -0.900. The number of hydrogen-bond donors (Lipinski definition) is 2. The third kappa shape index (κ3) is 11.2. The van der Waals surface area contributed by atoms with Crippen LogP contribution in [0.1, 0.15) is 57.1 Å². The molecule has 1 aromatic carbocycles. The molecule has 1 unspecified atom stereocenters. The van der Waals surface area contributed by atoms with E-state index in [0.29, 0.717) is 29.5 Å². The van der Waals surface area contributed by atoms with Gasteiger partial charge in [0.25, 0.3) is 0 Å². The quantitative estimate of drug-likeness (QED) is 0.256. The number of aliphatic imine (C=N–C) groups is 1. The number of hydrogen-bond acceptors (Lipinski definition) is 3. The van der Waals surface area contributed by atoms with Crippen molar-refractivity contribution in [2.24, 2.45) is 10.9 Å². The summed E-state index contributed by atoms with van der Waals surface area (Å²) in [5.74, 6) is 0.756. The SMILES string of the molecule is CCCCC(CCC)CNC(=NC)NCc1cc(F)ccc1CS(C)(=O)=O.I. The zero-order chi connectivity index (χ0) is 20.3. The van der Waals surface area contributed by atoms with Crippen LogP contribution >= 0.6 is 24.0 Å². The molecule has 0 saturated carbocycles. The first-order valence-electron chi connectivity index (χ1n) is 9.68. The average Bonchev–Trinajstić information content (AvgIpc) is 2.60. The minimum absolute atomic E-state index is 0. The van der Waals surface area contributed by atoms with Crippen molar-refractivity contribution in [3.05, 3.63) is 35.1 Å². The number of rotatable bonds is 11. The molecule has 1 rings (SSSR count). The molecule has 8 heteroatoms. The number of nitrogens with zero attached hydrogens (tertiary/aromatic N) is 1. The summed E-state index contributed by atoms with van der Waals surface area (Å²) in [6, 6.07) is 4.20. The van der Waals surface area contributed by atoms with Gasteiger partial charge in [-0.15, -0.1) is 24.0 Å². The molecule has 0 bridgehead atoms. The highest BCUT2D eigenvalue weighted by Crippen LogP contribution is 2.15.